The molecule has 0 bridgehead atoms. The Labute approximate surface area is 181 Å². The minimum Gasteiger partial charge on any atom is -0.550 e. The van der Waals surface area contributed by atoms with Crippen LogP contribution in [0.2, 0.25) is 0 Å². The van der Waals surface area contributed by atoms with Gasteiger partial charge in [0.25, 0.3) is 0 Å². The second-order valence-electron chi connectivity index (χ2n) is 11.3. The number of carbonyl (C=O) groups is 2. The largest absolute Gasteiger partial charge is 0.550 e. The Morgan fingerprint density at radius 3 is 2.63 bits per heavy atom. The third kappa shape index (κ3) is 3.62. The van der Waals surface area contributed by atoms with Gasteiger partial charge in [0, 0.05) is 19.3 Å². The number of carboxylic acids is 1. The summed E-state index contributed by atoms with van der Waals surface area (Å²) in [4.78, 5) is 22.4. The van der Waals surface area contributed by atoms with Crippen LogP contribution in [0.25, 0.3) is 0 Å². The van der Waals surface area contributed by atoms with Crippen LogP contribution in [0.5, 0.6) is 0 Å². The fourth-order valence-corrected chi connectivity index (χ4v) is 8.48. The number of ether oxygens (including phenoxy) is 1. The molecule has 0 unspecified atom stereocenters. The van der Waals surface area contributed by atoms with Crippen molar-refractivity contribution in [1.29, 1.82) is 0 Å². The first-order chi connectivity index (χ1) is 14.1. The molecule has 0 aromatic heterocycles. The van der Waals surface area contributed by atoms with E-state index in [-0.39, 0.29) is 23.9 Å². The zero-order valence-electron chi connectivity index (χ0n) is 19.2. The summed E-state index contributed by atoms with van der Waals surface area (Å²) in [6.45, 7) is 8.78. The zero-order valence-corrected chi connectivity index (χ0v) is 19.2. The molecule has 0 aromatic rings. The van der Waals surface area contributed by atoms with Gasteiger partial charge in [-0.2, -0.15) is 0 Å². The topological polar surface area (TPSA) is 66.4 Å². The number of aliphatic carboxylic acids is 1. The van der Waals surface area contributed by atoms with Crippen molar-refractivity contribution in [2.75, 3.05) is 0 Å². The molecule has 8 atom stereocenters. The summed E-state index contributed by atoms with van der Waals surface area (Å²) >= 11 is 0. The van der Waals surface area contributed by atoms with Crippen molar-refractivity contribution in [1.82, 2.24) is 0 Å². The minimum atomic E-state index is -0.910. The van der Waals surface area contributed by atoms with Crippen molar-refractivity contribution in [3.05, 3.63) is 11.6 Å². The molecule has 0 amide bonds. The molecule has 4 aliphatic carbocycles. The monoisotopic (exact) mass is 415 g/mol. The third-order valence-corrected chi connectivity index (χ3v) is 9.96. The molecule has 4 heteroatoms. The van der Waals surface area contributed by atoms with Crippen LogP contribution in [0.4, 0.5) is 0 Å². The first kappa shape index (κ1) is 21.9. The normalized spacial score (nSPS) is 43.6. The molecule has 0 aromatic carbocycles. The van der Waals surface area contributed by atoms with Gasteiger partial charge in [0.1, 0.15) is 6.10 Å². The van der Waals surface area contributed by atoms with Crippen molar-refractivity contribution in [2.24, 2.45) is 40.4 Å². The van der Waals surface area contributed by atoms with Crippen LogP contribution in [0.15, 0.2) is 11.6 Å². The zero-order chi connectivity index (χ0) is 21.7. The Hall–Kier alpha value is -1.32. The van der Waals surface area contributed by atoms with Gasteiger partial charge in [-0.3, -0.25) is 4.79 Å². The molecular weight excluding hydrogens is 376 g/mol. The van der Waals surface area contributed by atoms with Gasteiger partial charge in [0.05, 0.1) is 0 Å². The standard InChI is InChI=1S/C26H40O4/c1-16(5-10-24(28)29)21-8-9-22-20-7-6-18-15-19(30-17(2)27)11-13-25(18,3)23(20)12-14-26(21,22)4/h6,16,19-23H,5,7-15H2,1-4H3,(H,28,29)/p-1/t16-,19+,20+,21+,22+,23-,25+,26-/m1/s1. The number of carboxylic acid groups (broad SMARTS) is 1. The lowest BCUT2D eigenvalue weighted by Gasteiger charge is -2.58. The average molecular weight is 416 g/mol. The number of allylic oxidation sites excluding steroid dienone is 1. The molecular formula is C26H39O4-. The number of carbonyl (C=O) groups excluding carboxylic acids is 2. The van der Waals surface area contributed by atoms with Gasteiger partial charge in [0.15, 0.2) is 0 Å². The van der Waals surface area contributed by atoms with E-state index in [2.05, 4.69) is 26.8 Å². The van der Waals surface area contributed by atoms with Gasteiger partial charge < -0.3 is 14.6 Å². The fraction of sp³-hybridized carbons (Fsp3) is 0.846. The molecule has 0 heterocycles. The Balaban J connectivity index is 1.51. The van der Waals surface area contributed by atoms with Crippen LogP contribution in [0, 0.1) is 40.4 Å². The Kier molecular flexibility index (Phi) is 5.83. The molecule has 3 saturated carbocycles. The van der Waals surface area contributed by atoms with Crippen LogP contribution in [-0.2, 0) is 14.3 Å². The molecule has 4 nitrogen and oxygen atoms in total. The van der Waals surface area contributed by atoms with Crippen LogP contribution in [0.1, 0.15) is 91.9 Å². The average Bonchev–Trinajstić information content (AvgIpc) is 3.03. The van der Waals surface area contributed by atoms with E-state index < -0.39 is 5.97 Å². The van der Waals surface area contributed by atoms with E-state index in [0.29, 0.717) is 17.3 Å². The second kappa shape index (κ2) is 7.98. The van der Waals surface area contributed by atoms with E-state index in [0.717, 1.165) is 43.4 Å². The summed E-state index contributed by atoms with van der Waals surface area (Å²) in [7, 11) is 0. The maximum atomic E-state index is 11.4. The second-order valence-corrected chi connectivity index (χ2v) is 11.3. The smallest absolute Gasteiger partial charge is 0.302 e. The van der Waals surface area contributed by atoms with Gasteiger partial charge in [-0.15, -0.1) is 0 Å². The number of hydrogen-bond donors (Lipinski definition) is 0. The molecule has 3 fully saturated rings. The summed E-state index contributed by atoms with van der Waals surface area (Å²) in [5, 5.41) is 11.0. The van der Waals surface area contributed by atoms with E-state index in [4.69, 9.17) is 4.74 Å². The minimum absolute atomic E-state index is 0.0627. The Bertz CT molecular complexity index is 727. The molecule has 0 radical (unpaired) electrons. The van der Waals surface area contributed by atoms with E-state index in [1.807, 2.05) is 0 Å². The van der Waals surface area contributed by atoms with Crippen molar-refractivity contribution in [2.45, 2.75) is 98.0 Å². The van der Waals surface area contributed by atoms with Gasteiger partial charge in [-0.25, -0.2) is 0 Å². The summed E-state index contributed by atoms with van der Waals surface area (Å²) in [6, 6.07) is 0. The van der Waals surface area contributed by atoms with Gasteiger partial charge in [-0.1, -0.05) is 32.4 Å². The molecule has 4 aliphatic rings. The lowest BCUT2D eigenvalue weighted by atomic mass is 9.47. The molecule has 0 spiro atoms. The molecule has 0 N–H and O–H groups in total. The molecule has 4 rings (SSSR count). The van der Waals surface area contributed by atoms with E-state index in [1.165, 1.54) is 39.0 Å². The lowest BCUT2D eigenvalue weighted by molar-refractivity contribution is -0.306. The van der Waals surface area contributed by atoms with Crippen molar-refractivity contribution < 1.29 is 19.4 Å². The number of hydrogen-bond acceptors (Lipinski definition) is 4. The quantitative estimate of drug-likeness (QED) is 0.484. The highest BCUT2D eigenvalue weighted by Crippen LogP contribution is 2.67. The van der Waals surface area contributed by atoms with E-state index >= 15 is 0 Å². The summed E-state index contributed by atoms with van der Waals surface area (Å²) in [5.74, 6) is 2.28. The van der Waals surface area contributed by atoms with Gasteiger partial charge >= 0.3 is 5.97 Å². The van der Waals surface area contributed by atoms with Gasteiger partial charge in [-0.05, 0) is 98.2 Å². The van der Waals surface area contributed by atoms with E-state index in [1.54, 1.807) is 5.57 Å². The van der Waals surface area contributed by atoms with Crippen LogP contribution in [0.3, 0.4) is 0 Å². The van der Waals surface area contributed by atoms with Crippen molar-refractivity contribution in [3.63, 3.8) is 0 Å². The number of rotatable bonds is 5. The number of esters is 1. The predicted octanol–water partition coefficient (Wildman–Crippen LogP) is 4.66. The van der Waals surface area contributed by atoms with Gasteiger partial charge in [0.2, 0.25) is 0 Å². The highest BCUT2D eigenvalue weighted by Gasteiger charge is 2.59. The number of fused-ring (bicyclic) bond motifs is 5. The fourth-order valence-electron chi connectivity index (χ4n) is 8.48. The van der Waals surface area contributed by atoms with Crippen molar-refractivity contribution in [3.8, 4) is 0 Å². The molecule has 168 valence electrons. The highest BCUT2D eigenvalue weighted by atomic mass is 16.5. The highest BCUT2D eigenvalue weighted by molar-refractivity contribution is 5.66. The Morgan fingerprint density at radius 2 is 1.93 bits per heavy atom. The summed E-state index contributed by atoms with van der Waals surface area (Å²) in [5.41, 5.74) is 2.16. The maximum absolute atomic E-state index is 11.4. The van der Waals surface area contributed by atoms with Crippen LogP contribution in [-0.4, -0.2) is 18.0 Å². The third-order valence-electron chi connectivity index (χ3n) is 9.96. The molecule has 0 aliphatic heterocycles. The summed E-state index contributed by atoms with van der Waals surface area (Å²) in [6.07, 6.45) is 12.8. The van der Waals surface area contributed by atoms with E-state index in [9.17, 15) is 14.7 Å². The molecule has 30 heavy (non-hydrogen) atoms. The summed E-state index contributed by atoms with van der Waals surface area (Å²) < 4.78 is 5.56. The van der Waals surface area contributed by atoms with Crippen molar-refractivity contribution >= 4 is 11.9 Å². The molecule has 0 saturated heterocycles. The van der Waals surface area contributed by atoms with Crippen LogP contribution < -0.4 is 5.11 Å². The maximum Gasteiger partial charge on any atom is 0.302 e. The Morgan fingerprint density at radius 1 is 1.17 bits per heavy atom. The van der Waals surface area contributed by atoms with Crippen LogP contribution >= 0.6 is 0 Å². The SMILES string of the molecule is CC(=O)O[C@H]1CC[C@@]2(C)C(=CC[C@@H]3[C@H]2CC[C@@]2(C)[C@H]3CC[C@H]2[C@H](C)CCC(=O)[O-])C1. The first-order valence-corrected chi connectivity index (χ1v) is 12.2. The predicted molar refractivity (Wildman–Crippen MR) is 114 cm³/mol. The lowest BCUT2D eigenvalue weighted by Crippen LogP contribution is -2.51. The first-order valence-electron chi connectivity index (χ1n) is 12.2.